The Balaban J connectivity index is 1.85. The molecule has 1 aromatic rings. The fourth-order valence-corrected chi connectivity index (χ4v) is 5.07. The summed E-state index contributed by atoms with van der Waals surface area (Å²) in [5.41, 5.74) is 1.36. The molecular formula is C12H16OS2. The fraction of sp³-hybridized carbons (Fsp3) is 0.500. The molecule has 1 heterocycles. The van der Waals surface area contributed by atoms with Gasteiger partial charge in [-0.15, -0.1) is 11.8 Å². The largest absolute Gasteiger partial charge is 0.258 e. The van der Waals surface area contributed by atoms with Crippen LogP contribution in [0.25, 0.3) is 0 Å². The minimum absolute atomic E-state index is 0.374. The highest BCUT2D eigenvalue weighted by atomic mass is 32.2. The quantitative estimate of drug-likeness (QED) is 0.808. The van der Waals surface area contributed by atoms with E-state index in [1.54, 1.807) is 0 Å². The van der Waals surface area contributed by atoms with Crippen molar-refractivity contribution < 1.29 is 4.21 Å². The lowest BCUT2D eigenvalue weighted by molar-refractivity contribution is 0.674. The molecule has 0 unspecified atom stereocenters. The topological polar surface area (TPSA) is 17.1 Å². The molecule has 0 saturated carbocycles. The molecule has 0 N–H and O–H groups in total. The zero-order valence-corrected chi connectivity index (χ0v) is 10.4. The Bertz CT molecular complexity index is 324. The molecule has 1 aliphatic heterocycles. The third kappa shape index (κ3) is 3.35. The third-order valence-corrected chi connectivity index (χ3v) is 6.30. The number of thioether (sulfide) groups is 1. The van der Waals surface area contributed by atoms with Crippen LogP contribution in [-0.2, 0) is 17.2 Å². The predicted molar refractivity (Wildman–Crippen MR) is 68.6 cm³/mol. The zero-order valence-electron chi connectivity index (χ0n) is 8.72. The monoisotopic (exact) mass is 240 g/mol. The number of hydrogen-bond acceptors (Lipinski definition) is 2. The molecule has 0 aromatic heterocycles. The molecule has 1 aliphatic rings. The molecule has 0 aliphatic carbocycles. The van der Waals surface area contributed by atoms with Gasteiger partial charge in [0.15, 0.2) is 0 Å². The summed E-state index contributed by atoms with van der Waals surface area (Å²) >= 11 is 1.89. The van der Waals surface area contributed by atoms with Crippen LogP contribution >= 0.6 is 11.8 Å². The molecule has 15 heavy (non-hydrogen) atoms. The van der Waals surface area contributed by atoms with E-state index in [0.717, 1.165) is 25.0 Å². The maximum absolute atomic E-state index is 11.7. The van der Waals surface area contributed by atoms with Crippen LogP contribution in [0.15, 0.2) is 30.3 Å². The van der Waals surface area contributed by atoms with E-state index in [9.17, 15) is 4.21 Å². The SMILES string of the molecule is O=[S@]1CCCS[C@@H]1CCc1ccccc1. The van der Waals surface area contributed by atoms with Gasteiger partial charge in [-0.1, -0.05) is 30.3 Å². The first-order chi connectivity index (χ1) is 7.36. The van der Waals surface area contributed by atoms with E-state index in [-0.39, 0.29) is 0 Å². The summed E-state index contributed by atoms with van der Waals surface area (Å²) in [6.45, 7) is 0. The van der Waals surface area contributed by atoms with Crippen LogP contribution in [0, 0.1) is 0 Å². The Morgan fingerprint density at radius 3 is 2.87 bits per heavy atom. The number of rotatable bonds is 3. The van der Waals surface area contributed by atoms with E-state index in [0.29, 0.717) is 4.58 Å². The second kappa shape index (κ2) is 5.71. The van der Waals surface area contributed by atoms with E-state index < -0.39 is 10.8 Å². The van der Waals surface area contributed by atoms with Gasteiger partial charge < -0.3 is 0 Å². The molecule has 0 bridgehead atoms. The highest BCUT2D eigenvalue weighted by Crippen LogP contribution is 2.26. The van der Waals surface area contributed by atoms with Crippen LogP contribution in [0.5, 0.6) is 0 Å². The second-order valence-electron chi connectivity index (χ2n) is 3.76. The van der Waals surface area contributed by atoms with Crippen molar-refractivity contribution >= 4 is 22.6 Å². The van der Waals surface area contributed by atoms with Crippen molar-refractivity contribution in [3.63, 3.8) is 0 Å². The van der Waals surface area contributed by atoms with Crippen molar-refractivity contribution in [2.24, 2.45) is 0 Å². The average Bonchev–Trinajstić information content (AvgIpc) is 2.29. The molecule has 0 amide bonds. The van der Waals surface area contributed by atoms with Crippen molar-refractivity contribution in [2.75, 3.05) is 11.5 Å². The average molecular weight is 240 g/mol. The van der Waals surface area contributed by atoms with Crippen LogP contribution in [-0.4, -0.2) is 20.3 Å². The van der Waals surface area contributed by atoms with E-state index in [1.165, 1.54) is 11.3 Å². The maximum Gasteiger partial charge on any atom is 0.0804 e. The maximum atomic E-state index is 11.7. The first-order valence-electron chi connectivity index (χ1n) is 5.39. The van der Waals surface area contributed by atoms with Crippen LogP contribution in [0.1, 0.15) is 18.4 Å². The summed E-state index contributed by atoms with van der Waals surface area (Å²) in [6, 6.07) is 10.5. The Kier molecular flexibility index (Phi) is 4.27. The summed E-state index contributed by atoms with van der Waals surface area (Å²) in [4.78, 5) is 0. The first-order valence-corrected chi connectivity index (χ1v) is 7.82. The van der Waals surface area contributed by atoms with Crippen LogP contribution in [0.4, 0.5) is 0 Å². The molecule has 0 radical (unpaired) electrons. The summed E-state index contributed by atoms with van der Waals surface area (Å²) in [5, 5.41) is 0. The molecular weight excluding hydrogens is 224 g/mol. The van der Waals surface area contributed by atoms with Gasteiger partial charge in [0.2, 0.25) is 0 Å². The Morgan fingerprint density at radius 1 is 1.33 bits per heavy atom. The lowest BCUT2D eigenvalue weighted by atomic mass is 10.1. The van der Waals surface area contributed by atoms with Gasteiger partial charge in [-0.05, 0) is 30.6 Å². The highest BCUT2D eigenvalue weighted by molar-refractivity contribution is 8.11. The second-order valence-corrected chi connectivity index (χ2v) is 7.11. The minimum atomic E-state index is -0.589. The summed E-state index contributed by atoms with van der Waals surface area (Å²) in [6.07, 6.45) is 3.24. The molecule has 1 saturated heterocycles. The molecule has 1 aromatic carbocycles. The van der Waals surface area contributed by atoms with Crippen molar-refractivity contribution in [1.29, 1.82) is 0 Å². The Morgan fingerprint density at radius 2 is 2.13 bits per heavy atom. The zero-order chi connectivity index (χ0) is 10.5. The third-order valence-electron chi connectivity index (χ3n) is 2.60. The fourth-order valence-electron chi connectivity index (χ4n) is 1.77. The van der Waals surface area contributed by atoms with Gasteiger partial charge >= 0.3 is 0 Å². The van der Waals surface area contributed by atoms with Gasteiger partial charge in [-0.3, -0.25) is 4.21 Å². The summed E-state index contributed by atoms with van der Waals surface area (Å²) in [5.74, 6) is 2.09. The van der Waals surface area contributed by atoms with Gasteiger partial charge in [0.05, 0.1) is 4.58 Å². The predicted octanol–water partition coefficient (Wildman–Crippen LogP) is 2.83. The first kappa shape index (κ1) is 11.2. The smallest absolute Gasteiger partial charge is 0.0804 e. The Hall–Kier alpha value is -0.280. The van der Waals surface area contributed by atoms with Crippen molar-refractivity contribution in [3.8, 4) is 0 Å². The van der Waals surface area contributed by atoms with Crippen LogP contribution in [0.2, 0.25) is 0 Å². The number of aryl methyl sites for hydroxylation is 1. The van der Waals surface area contributed by atoms with Crippen molar-refractivity contribution in [2.45, 2.75) is 23.8 Å². The van der Waals surface area contributed by atoms with E-state index >= 15 is 0 Å². The lowest BCUT2D eigenvalue weighted by Gasteiger charge is -2.20. The van der Waals surface area contributed by atoms with Crippen LogP contribution in [0.3, 0.4) is 0 Å². The minimum Gasteiger partial charge on any atom is -0.258 e. The normalized spacial score (nSPS) is 26.4. The molecule has 0 spiro atoms. The number of hydrogen-bond donors (Lipinski definition) is 0. The molecule has 2 rings (SSSR count). The molecule has 3 heteroatoms. The van der Waals surface area contributed by atoms with Gasteiger partial charge in [-0.2, -0.15) is 0 Å². The molecule has 2 atom stereocenters. The van der Waals surface area contributed by atoms with Crippen LogP contribution < -0.4 is 0 Å². The summed E-state index contributed by atoms with van der Waals surface area (Å²) < 4.78 is 12.1. The van der Waals surface area contributed by atoms with Gasteiger partial charge in [0.25, 0.3) is 0 Å². The molecule has 1 fully saturated rings. The lowest BCUT2D eigenvalue weighted by Crippen LogP contribution is -2.20. The Labute approximate surface area is 98.1 Å². The standard InChI is InChI=1S/C12H16OS2/c13-15-10-4-9-14-12(15)8-7-11-5-2-1-3-6-11/h1-3,5-6,12H,4,7-10H2/t12-,15-/m0/s1. The van der Waals surface area contributed by atoms with E-state index in [4.69, 9.17) is 0 Å². The van der Waals surface area contributed by atoms with Crippen molar-refractivity contribution in [1.82, 2.24) is 0 Å². The van der Waals surface area contributed by atoms with Gasteiger partial charge in [0, 0.05) is 16.6 Å². The van der Waals surface area contributed by atoms with Gasteiger partial charge in [0.1, 0.15) is 0 Å². The number of benzene rings is 1. The molecule has 1 nitrogen and oxygen atoms in total. The summed E-state index contributed by atoms with van der Waals surface area (Å²) in [7, 11) is -0.589. The van der Waals surface area contributed by atoms with E-state index in [2.05, 4.69) is 24.3 Å². The highest BCUT2D eigenvalue weighted by Gasteiger charge is 2.20. The van der Waals surface area contributed by atoms with Gasteiger partial charge in [-0.25, -0.2) is 0 Å². The van der Waals surface area contributed by atoms with E-state index in [1.807, 2.05) is 17.8 Å². The molecule has 82 valence electrons. The van der Waals surface area contributed by atoms with Crippen molar-refractivity contribution in [3.05, 3.63) is 35.9 Å².